The van der Waals surface area contributed by atoms with Crippen LogP contribution in [0, 0.1) is 11.8 Å². The zero-order valence-electron chi connectivity index (χ0n) is 9.30. The summed E-state index contributed by atoms with van der Waals surface area (Å²) < 4.78 is 11.1. The van der Waals surface area contributed by atoms with E-state index in [-0.39, 0.29) is 5.60 Å². The maximum absolute atomic E-state index is 5.91. The molecule has 2 nitrogen and oxygen atoms in total. The highest BCUT2D eigenvalue weighted by Crippen LogP contribution is 2.30. The van der Waals surface area contributed by atoms with Gasteiger partial charge in [-0.3, -0.25) is 0 Å². The van der Waals surface area contributed by atoms with Crippen LogP contribution in [0.25, 0.3) is 0 Å². The van der Waals surface area contributed by atoms with E-state index in [9.17, 15) is 0 Å². The smallest absolute Gasteiger partial charge is 0.117 e. The van der Waals surface area contributed by atoms with E-state index >= 15 is 0 Å². The Labute approximate surface area is 81.6 Å². The van der Waals surface area contributed by atoms with Crippen LogP contribution < -0.4 is 0 Å². The van der Waals surface area contributed by atoms with Crippen LogP contribution in [0.3, 0.4) is 0 Å². The average Bonchev–Trinajstić information content (AvgIpc) is 1.93. The fourth-order valence-corrected chi connectivity index (χ4v) is 1.38. The molecule has 0 spiro atoms. The van der Waals surface area contributed by atoms with Gasteiger partial charge in [-0.25, -0.2) is 0 Å². The first-order valence-corrected chi connectivity index (χ1v) is 5.28. The summed E-state index contributed by atoms with van der Waals surface area (Å²) in [6.07, 6.45) is 1.15. The molecule has 78 valence electrons. The first kappa shape index (κ1) is 11.0. The second-order valence-electron chi connectivity index (χ2n) is 4.74. The van der Waals surface area contributed by atoms with Gasteiger partial charge >= 0.3 is 0 Å². The van der Waals surface area contributed by atoms with Gasteiger partial charge < -0.3 is 9.47 Å². The Morgan fingerprint density at radius 1 is 1.23 bits per heavy atom. The van der Waals surface area contributed by atoms with Gasteiger partial charge in [0.2, 0.25) is 0 Å². The molecule has 1 saturated heterocycles. The van der Waals surface area contributed by atoms with Crippen LogP contribution in [0.2, 0.25) is 0 Å². The summed E-state index contributed by atoms with van der Waals surface area (Å²) in [7, 11) is 0. The quantitative estimate of drug-likeness (QED) is 0.656. The largest absolute Gasteiger partial charge is 0.375 e. The molecule has 0 aromatic rings. The Morgan fingerprint density at radius 2 is 1.85 bits per heavy atom. The average molecular weight is 186 g/mol. The third kappa shape index (κ3) is 2.68. The molecule has 1 heterocycles. The predicted octanol–water partition coefficient (Wildman–Crippen LogP) is 2.47. The Bertz CT molecular complexity index is 148. The minimum Gasteiger partial charge on any atom is -0.375 e. The Balaban J connectivity index is 2.24. The van der Waals surface area contributed by atoms with Gasteiger partial charge in [-0.2, -0.15) is 0 Å². The summed E-state index contributed by atoms with van der Waals surface area (Å²) in [4.78, 5) is 0. The molecule has 0 saturated carbocycles. The summed E-state index contributed by atoms with van der Waals surface area (Å²) in [5, 5.41) is 0. The summed E-state index contributed by atoms with van der Waals surface area (Å²) in [5.41, 5.74) is 0.0366. The molecule has 0 atom stereocenters. The Kier molecular flexibility index (Phi) is 3.74. The maximum atomic E-state index is 5.91. The molecular formula is C11H22O2. The third-order valence-corrected chi connectivity index (χ3v) is 2.83. The van der Waals surface area contributed by atoms with E-state index in [1.54, 1.807) is 0 Å². The van der Waals surface area contributed by atoms with Crippen molar-refractivity contribution in [2.24, 2.45) is 11.8 Å². The summed E-state index contributed by atoms with van der Waals surface area (Å²) in [6.45, 7) is 11.3. The van der Waals surface area contributed by atoms with Gasteiger partial charge in [-0.1, -0.05) is 27.7 Å². The Morgan fingerprint density at radius 3 is 2.15 bits per heavy atom. The van der Waals surface area contributed by atoms with E-state index in [0.29, 0.717) is 5.92 Å². The van der Waals surface area contributed by atoms with Gasteiger partial charge in [0.05, 0.1) is 13.2 Å². The highest BCUT2D eigenvalue weighted by molar-refractivity contribution is 4.90. The molecule has 1 aliphatic heterocycles. The molecule has 1 rings (SSSR count). The first-order valence-electron chi connectivity index (χ1n) is 5.28. The van der Waals surface area contributed by atoms with Crippen molar-refractivity contribution in [1.29, 1.82) is 0 Å². The minimum atomic E-state index is 0.0366. The first-order chi connectivity index (χ1) is 6.07. The molecule has 2 heteroatoms. The van der Waals surface area contributed by atoms with Gasteiger partial charge in [0.25, 0.3) is 0 Å². The zero-order chi connectivity index (χ0) is 9.90. The lowest BCUT2D eigenvalue weighted by atomic mass is 9.88. The molecule has 0 radical (unpaired) electrons. The van der Waals surface area contributed by atoms with E-state index in [1.165, 1.54) is 0 Å². The molecule has 0 bridgehead atoms. The second kappa shape index (κ2) is 4.43. The van der Waals surface area contributed by atoms with Crippen molar-refractivity contribution in [3.05, 3.63) is 0 Å². The molecule has 0 unspecified atom stereocenters. The van der Waals surface area contributed by atoms with Crippen LogP contribution in [0.5, 0.6) is 0 Å². The lowest BCUT2D eigenvalue weighted by Crippen LogP contribution is -2.56. The fraction of sp³-hybridized carbons (Fsp3) is 1.00. The van der Waals surface area contributed by atoms with Crippen molar-refractivity contribution in [3.63, 3.8) is 0 Å². The SMILES string of the molecule is CC(C)CCOC1(C(C)C)COC1. The number of hydrogen-bond acceptors (Lipinski definition) is 2. The molecule has 0 aromatic carbocycles. The molecule has 0 N–H and O–H groups in total. The van der Waals surface area contributed by atoms with Crippen molar-refractivity contribution in [3.8, 4) is 0 Å². The van der Waals surface area contributed by atoms with Crippen LogP contribution in [0.4, 0.5) is 0 Å². The van der Waals surface area contributed by atoms with Gasteiger partial charge in [0, 0.05) is 6.61 Å². The monoisotopic (exact) mass is 186 g/mol. The van der Waals surface area contributed by atoms with Crippen LogP contribution >= 0.6 is 0 Å². The standard InChI is InChI=1S/C11H22O2/c1-9(2)5-6-13-11(10(3)4)7-12-8-11/h9-10H,5-8H2,1-4H3. The van der Waals surface area contributed by atoms with Crippen LogP contribution in [0.15, 0.2) is 0 Å². The van der Waals surface area contributed by atoms with Crippen molar-refractivity contribution >= 4 is 0 Å². The number of rotatable bonds is 5. The summed E-state index contributed by atoms with van der Waals surface area (Å²) in [6, 6.07) is 0. The lowest BCUT2D eigenvalue weighted by Gasteiger charge is -2.44. The van der Waals surface area contributed by atoms with Crippen molar-refractivity contribution in [2.45, 2.75) is 39.7 Å². The van der Waals surface area contributed by atoms with E-state index < -0.39 is 0 Å². The van der Waals surface area contributed by atoms with E-state index in [1.807, 2.05) is 0 Å². The normalized spacial score (nSPS) is 20.8. The lowest BCUT2D eigenvalue weighted by molar-refractivity contribution is -0.231. The van der Waals surface area contributed by atoms with Crippen LogP contribution in [-0.2, 0) is 9.47 Å². The van der Waals surface area contributed by atoms with Gasteiger partial charge in [0.1, 0.15) is 5.60 Å². The van der Waals surface area contributed by atoms with E-state index in [4.69, 9.17) is 9.47 Å². The molecule has 0 aromatic heterocycles. The molecule has 0 aliphatic carbocycles. The number of hydrogen-bond donors (Lipinski definition) is 0. The highest BCUT2D eigenvalue weighted by atomic mass is 16.6. The van der Waals surface area contributed by atoms with Crippen LogP contribution in [-0.4, -0.2) is 25.4 Å². The molecular weight excluding hydrogens is 164 g/mol. The predicted molar refractivity (Wildman–Crippen MR) is 53.8 cm³/mol. The molecule has 1 aliphatic rings. The van der Waals surface area contributed by atoms with Gasteiger partial charge in [-0.15, -0.1) is 0 Å². The van der Waals surface area contributed by atoms with Gasteiger partial charge in [-0.05, 0) is 18.3 Å². The Hall–Kier alpha value is -0.0800. The molecule has 13 heavy (non-hydrogen) atoms. The maximum Gasteiger partial charge on any atom is 0.117 e. The van der Waals surface area contributed by atoms with E-state index in [0.717, 1.165) is 32.2 Å². The molecule has 1 fully saturated rings. The van der Waals surface area contributed by atoms with E-state index in [2.05, 4.69) is 27.7 Å². The third-order valence-electron chi connectivity index (χ3n) is 2.83. The zero-order valence-corrected chi connectivity index (χ0v) is 9.30. The van der Waals surface area contributed by atoms with Crippen molar-refractivity contribution in [1.82, 2.24) is 0 Å². The van der Waals surface area contributed by atoms with Crippen molar-refractivity contribution < 1.29 is 9.47 Å². The minimum absolute atomic E-state index is 0.0366. The highest BCUT2D eigenvalue weighted by Gasteiger charge is 2.42. The number of ether oxygens (including phenoxy) is 2. The van der Waals surface area contributed by atoms with Crippen LogP contribution in [0.1, 0.15) is 34.1 Å². The topological polar surface area (TPSA) is 18.5 Å². The second-order valence-corrected chi connectivity index (χ2v) is 4.74. The summed E-state index contributed by atoms with van der Waals surface area (Å²) in [5.74, 6) is 1.29. The molecule has 0 amide bonds. The van der Waals surface area contributed by atoms with Crippen molar-refractivity contribution in [2.75, 3.05) is 19.8 Å². The van der Waals surface area contributed by atoms with Gasteiger partial charge in [0.15, 0.2) is 0 Å². The fourth-order valence-electron chi connectivity index (χ4n) is 1.38. The summed E-state index contributed by atoms with van der Waals surface area (Å²) >= 11 is 0.